The summed E-state index contributed by atoms with van der Waals surface area (Å²) in [5.74, 6) is 0.551. The van der Waals surface area contributed by atoms with Crippen LogP contribution in [0.2, 0.25) is 0 Å². The third kappa shape index (κ3) is 5.74. The van der Waals surface area contributed by atoms with E-state index in [1.165, 1.54) is 0 Å². The molecule has 0 aliphatic heterocycles. The lowest BCUT2D eigenvalue weighted by atomic mass is 10.5. The first kappa shape index (κ1) is 12.4. The zero-order valence-corrected chi connectivity index (χ0v) is 9.77. The van der Waals surface area contributed by atoms with Gasteiger partial charge in [0.15, 0.2) is 9.84 Å². The largest absolute Gasteiger partial charge is 0.354 e. The predicted molar refractivity (Wildman–Crippen MR) is 58.3 cm³/mol. The second-order valence-electron chi connectivity index (χ2n) is 3.94. The lowest BCUT2D eigenvalue weighted by Crippen LogP contribution is -2.35. The van der Waals surface area contributed by atoms with E-state index in [1.807, 2.05) is 0 Å². The van der Waals surface area contributed by atoms with Crippen LogP contribution in [0.3, 0.4) is 0 Å². The quantitative estimate of drug-likeness (QED) is 0.601. The maximum absolute atomic E-state index is 11.5. The molecule has 0 spiro atoms. The Bertz CT molecular complexity index is 309. The summed E-state index contributed by atoms with van der Waals surface area (Å²) in [7, 11) is -1.29. The number of hydrogen-bond donors (Lipinski definition) is 2. The second-order valence-corrected chi connectivity index (χ2v) is 6.17. The van der Waals surface area contributed by atoms with E-state index in [2.05, 4.69) is 10.6 Å². The molecule has 0 aromatic rings. The van der Waals surface area contributed by atoms with Gasteiger partial charge in [-0.05, 0) is 25.8 Å². The molecular formula is C9H18N2O3S. The van der Waals surface area contributed by atoms with E-state index in [4.69, 9.17) is 0 Å². The monoisotopic (exact) mass is 234 g/mol. The third-order valence-electron chi connectivity index (χ3n) is 2.26. The molecule has 2 N–H and O–H groups in total. The summed E-state index contributed by atoms with van der Waals surface area (Å²) in [6, 6.07) is 0. The number of carbonyl (C=O) groups is 1. The zero-order valence-electron chi connectivity index (χ0n) is 8.95. The van der Waals surface area contributed by atoms with E-state index in [-0.39, 0.29) is 30.5 Å². The van der Waals surface area contributed by atoms with Crippen LogP contribution in [0.4, 0.5) is 0 Å². The van der Waals surface area contributed by atoms with Gasteiger partial charge in [0.1, 0.15) is 0 Å². The van der Waals surface area contributed by atoms with Gasteiger partial charge in [-0.2, -0.15) is 0 Å². The van der Waals surface area contributed by atoms with Gasteiger partial charge >= 0.3 is 0 Å². The normalized spacial score (nSPS) is 16.3. The molecule has 0 radical (unpaired) electrons. The fraction of sp³-hybridized carbons (Fsp3) is 0.889. The molecule has 15 heavy (non-hydrogen) atoms. The fourth-order valence-electron chi connectivity index (χ4n) is 1.30. The number of hydrogen-bond acceptors (Lipinski definition) is 4. The van der Waals surface area contributed by atoms with Crippen molar-refractivity contribution in [3.8, 4) is 0 Å². The Kier molecular flexibility index (Phi) is 4.53. The summed E-state index contributed by atoms with van der Waals surface area (Å²) < 4.78 is 22.9. The molecule has 5 nitrogen and oxygen atoms in total. The van der Waals surface area contributed by atoms with Gasteiger partial charge in [-0.15, -0.1) is 0 Å². The molecule has 1 fully saturated rings. The lowest BCUT2D eigenvalue weighted by Gasteiger charge is -2.05. The predicted octanol–water partition coefficient (Wildman–Crippen LogP) is -0.853. The average molecular weight is 234 g/mol. The van der Waals surface area contributed by atoms with Crippen molar-refractivity contribution in [1.29, 1.82) is 0 Å². The van der Waals surface area contributed by atoms with E-state index in [9.17, 15) is 13.2 Å². The Morgan fingerprint density at radius 1 is 1.40 bits per heavy atom. The lowest BCUT2D eigenvalue weighted by molar-refractivity contribution is -0.120. The van der Waals surface area contributed by atoms with Crippen molar-refractivity contribution in [2.24, 2.45) is 5.92 Å². The molecule has 0 bridgehead atoms. The minimum Gasteiger partial charge on any atom is -0.354 e. The standard InChI is InChI=1S/C9H18N2O3S/c1-10-6-9(12)11-4-5-15(13,14)7-8-2-3-8/h8,10H,2-7H2,1H3,(H,11,12). The number of carbonyl (C=O) groups excluding carboxylic acids is 1. The highest BCUT2D eigenvalue weighted by atomic mass is 32.2. The molecule has 1 rings (SSSR count). The number of amides is 1. The molecule has 1 aliphatic carbocycles. The summed E-state index contributed by atoms with van der Waals surface area (Å²) in [4.78, 5) is 11.0. The molecule has 0 saturated heterocycles. The first-order valence-corrected chi connectivity index (χ1v) is 6.97. The van der Waals surface area contributed by atoms with Crippen LogP contribution in [-0.4, -0.2) is 46.0 Å². The number of sulfone groups is 1. The second kappa shape index (κ2) is 5.46. The van der Waals surface area contributed by atoms with E-state index in [0.717, 1.165) is 12.8 Å². The molecule has 0 aromatic heterocycles. The van der Waals surface area contributed by atoms with Crippen LogP contribution in [0.25, 0.3) is 0 Å². The van der Waals surface area contributed by atoms with Crippen LogP contribution >= 0.6 is 0 Å². The topological polar surface area (TPSA) is 75.3 Å². The first-order valence-electron chi connectivity index (χ1n) is 5.15. The average Bonchev–Trinajstić information content (AvgIpc) is 2.87. The Balaban J connectivity index is 2.15. The van der Waals surface area contributed by atoms with Crippen molar-refractivity contribution < 1.29 is 13.2 Å². The van der Waals surface area contributed by atoms with E-state index >= 15 is 0 Å². The summed E-state index contributed by atoms with van der Waals surface area (Å²) in [6.45, 7) is 0.443. The molecule has 6 heteroatoms. The van der Waals surface area contributed by atoms with Crippen molar-refractivity contribution in [3.05, 3.63) is 0 Å². The molecule has 1 saturated carbocycles. The van der Waals surface area contributed by atoms with Crippen molar-refractivity contribution in [2.75, 3.05) is 31.6 Å². The molecule has 1 amide bonds. The summed E-state index contributed by atoms with van der Waals surface area (Å²) in [5, 5.41) is 5.25. The van der Waals surface area contributed by atoms with E-state index in [0.29, 0.717) is 5.92 Å². The van der Waals surface area contributed by atoms with Gasteiger partial charge in [-0.25, -0.2) is 8.42 Å². The van der Waals surface area contributed by atoms with Crippen LogP contribution in [0.15, 0.2) is 0 Å². The maximum atomic E-state index is 11.5. The summed E-state index contributed by atoms with van der Waals surface area (Å²) in [5.41, 5.74) is 0. The number of nitrogens with one attached hydrogen (secondary N) is 2. The van der Waals surface area contributed by atoms with Gasteiger partial charge in [0.2, 0.25) is 5.91 Å². The molecule has 0 heterocycles. The van der Waals surface area contributed by atoms with Crippen LogP contribution in [0, 0.1) is 5.92 Å². The number of likely N-dealkylation sites (N-methyl/N-ethyl adjacent to an activating group) is 1. The maximum Gasteiger partial charge on any atom is 0.233 e. The summed E-state index contributed by atoms with van der Waals surface area (Å²) >= 11 is 0. The molecule has 0 aromatic carbocycles. The van der Waals surface area contributed by atoms with Crippen LogP contribution in [0.1, 0.15) is 12.8 Å². The van der Waals surface area contributed by atoms with Crippen LogP contribution < -0.4 is 10.6 Å². The Morgan fingerprint density at radius 2 is 2.07 bits per heavy atom. The van der Waals surface area contributed by atoms with Crippen molar-refractivity contribution in [2.45, 2.75) is 12.8 Å². The molecular weight excluding hydrogens is 216 g/mol. The molecule has 0 atom stereocenters. The van der Waals surface area contributed by atoms with Crippen LogP contribution in [-0.2, 0) is 14.6 Å². The van der Waals surface area contributed by atoms with Gasteiger partial charge in [0.05, 0.1) is 18.1 Å². The van der Waals surface area contributed by atoms with E-state index in [1.54, 1.807) is 7.05 Å². The summed E-state index contributed by atoms with van der Waals surface area (Å²) in [6.07, 6.45) is 2.07. The highest BCUT2D eigenvalue weighted by molar-refractivity contribution is 7.91. The molecule has 88 valence electrons. The molecule has 1 aliphatic rings. The highest BCUT2D eigenvalue weighted by Gasteiger charge is 2.27. The van der Waals surface area contributed by atoms with Gasteiger partial charge in [-0.3, -0.25) is 4.79 Å². The van der Waals surface area contributed by atoms with Crippen molar-refractivity contribution in [1.82, 2.24) is 10.6 Å². The van der Waals surface area contributed by atoms with E-state index < -0.39 is 9.84 Å². The van der Waals surface area contributed by atoms with Gasteiger partial charge in [-0.1, -0.05) is 0 Å². The number of rotatable bonds is 7. The SMILES string of the molecule is CNCC(=O)NCCS(=O)(=O)CC1CC1. The Hall–Kier alpha value is -0.620. The Morgan fingerprint density at radius 3 is 2.60 bits per heavy atom. The van der Waals surface area contributed by atoms with Gasteiger partial charge in [0.25, 0.3) is 0 Å². The Labute approximate surface area is 90.5 Å². The minimum atomic E-state index is -2.96. The third-order valence-corrected chi connectivity index (χ3v) is 4.06. The smallest absolute Gasteiger partial charge is 0.233 e. The van der Waals surface area contributed by atoms with Gasteiger partial charge < -0.3 is 10.6 Å². The van der Waals surface area contributed by atoms with Crippen molar-refractivity contribution >= 4 is 15.7 Å². The first-order chi connectivity index (χ1) is 7.03. The zero-order chi connectivity index (χ0) is 11.3. The fourth-order valence-corrected chi connectivity index (χ4v) is 2.93. The minimum absolute atomic E-state index is 0.0545. The highest BCUT2D eigenvalue weighted by Crippen LogP contribution is 2.30. The molecule has 0 unspecified atom stereocenters. The van der Waals surface area contributed by atoms with Crippen LogP contribution in [0.5, 0.6) is 0 Å². The van der Waals surface area contributed by atoms with Crippen molar-refractivity contribution in [3.63, 3.8) is 0 Å². The van der Waals surface area contributed by atoms with Gasteiger partial charge in [0, 0.05) is 6.54 Å².